The number of benzene rings is 3. The molecule has 4 rings (SSSR count). The van der Waals surface area contributed by atoms with Gasteiger partial charge in [-0.05, 0) is 66.9 Å². The highest BCUT2D eigenvalue weighted by atomic mass is 16.5. The average molecular weight is 417 g/mol. The molecule has 0 aliphatic carbocycles. The number of rotatable bonds is 8. The Kier molecular flexibility index (Phi) is 6.23. The predicted molar refractivity (Wildman–Crippen MR) is 123 cm³/mol. The van der Waals surface area contributed by atoms with Gasteiger partial charge in [0, 0.05) is 6.42 Å². The Bertz CT molecular complexity index is 1170. The van der Waals surface area contributed by atoms with Crippen LogP contribution in [-0.2, 0) is 13.0 Å². The number of ether oxygens (including phenoxy) is 2. The fraction of sp³-hybridized carbons (Fsp3) is 0.269. The van der Waals surface area contributed by atoms with Gasteiger partial charge in [-0.2, -0.15) is 0 Å². The Morgan fingerprint density at radius 2 is 1.68 bits per heavy atom. The number of para-hydroxylation sites is 2. The number of hydrogen-bond acceptors (Lipinski definition) is 4. The smallest absolute Gasteiger partial charge is 0.119 e. The van der Waals surface area contributed by atoms with E-state index in [4.69, 9.17) is 14.5 Å². The van der Waals surface area contributed by atoms with Gasteiger partial charge in [0.2, 0.25) is 0 Å². The van der Waals surface area contributed by atoms with Crippen molar-refractivity contribution in [3.63, 3.8) is 0 Å². The minimum absolute atomic E-state index is 0.219. The number of aliphatic hydroxyl groups excluding tert-OH is 1. The molecule has 0 aliphatic rings. The van der Waals surface area contributed by atoms with E-state index >= 15 is 0 Å². The van der Waals surface area contributed by atoms with Crippen LogP contribution < -0.4 is 9.47 Å². The molecule has 5 nitrogen and oxygen atoms in total. The first-order valence-corrected chi connectivity index (χ1v) is 10.5. The lowest BCUT2D eigenvalue weighted by Gasteiger charge is -2.16. The average Bonchev–Trinajstić information content (AvgIpc) is 3.12. The van der Waals surface area contributed by atoms with Crippen molar-refractivity contribution >= 4 is 11.0 Å². The van der Waals surface area contributed by atoms with E-state index in [0.29, 0.717) is 13.0 Å². The van der Waals surface area contributed by atoms with Crippen LogP contribution in [0.2, 0.25) is 0 Å². The van der Waals surface area contributed by atoms with Gasteiger partial charge in [0.05, 0.1) is 24.7 Å². The van der Waals surface area contributed by atoms with Crippen molar-refractivity contribution in [3.8, 4) is 11.5 Å². The number of methoxy groups -OCH3 is 1. The maximum absolute atomic E-state index is 10.7. The van der Waals surface area contributed by atoms with Crippen LogP contribution in [0.1, 0.15) is 22.5 Å². The van der Waals surface area contributed by atoms with Crippen molar-refractivity contribution < 1.29 is 14.6 Å². The summed E-state index contributed by atoms with van der Waals surface area (Å²) in [5.74, 6) is 2.52. The third-order valence-corrected chi connectivity index (χ3v) is 5.57. The highest BCUT2D eigenvalue weighted by Gasteiger charge is 2.15. The van der Waals surface area contributed by atoms with E-state index in [1.54, 1.807) is 7.11 Å². The lowest BCUT2D eigenvalue weighted by atomic mass is 10.1. The van der Waals surface area contributed by atoms with E-state index in [-0.39, 0.29) is 6.61 Å². The number of aromatic nitrogens is 2. The van der Waals surface area contributed by atoms with Crippen LogP contribution in [0.5, 0.6) is 11.5 Å². The van der Waals surface area contributed by atoms with Crippen molar-refractivity contribution in [2.75, 3.05) is 13.7 Å². The van der Waals surface area contributed by atoms with Gasteiger partial charge in [0.1, 0.15) is 30.0 Å². The molecule has 1 heterocycles. The second-order valence-electron chi connectivity index (χ2n) is 7.86. The van der Waals surface area contributed by atoms with Crippen LogP contribution >= 0.6 is 0 Å². The molecule has 0 bridgehead atoms. The zero-order chi connectivity index (χ0) is 21.8. The Balaban J connectivity index is 1.52. The molecule has 0 aliphatic heterocycles. The molecule has 1 unspecified atom stereocenters. The molecule has 1 aromatic heterocycles. The molecular formula is C26H28N2O3. The van der Waals surface area contributed by atoms with Crippen LogP contribution in [0.25, 0.3) is 11.0 Å². The highest BCUT2D eigenvalue weighted by Crippen LogP contribution is 2.21. The molecule has 1 atom stereocenters. The Morgan fingerprint density at radius 1 is 0.935 bits per heavy atom. The fourth-order valence-corrected chi connectivity index (χ4v) is 3.65. The summed E-state index contributed by atoms with van der Waals surface area (Å²) in [6.07, 6.45) is 0.0116. The van der Waals surface area contributed by atoms with Crippen molar-refractivity contribution in [1.82, 2.24) is 9.55 Å². The molecule has 0 saturated carbocycles. The molecule has 0 amide bonds. The first-order valence-electron chi connectivity index (χ1n) is 10.5. The van der Waals surface area contributed by atoms with E-state index in [1.165, 1.54) is 11.1 Å². The Labute approximate surface area is 182 Å². The lowest BCUT2D eigenvalue weighted by molar-refractivity contribution is 0.0927. The molecule has 1 N–H and O–H groups in total. The molecular weight excluding hydrogens is 388 g/mol. The number of imidazole rings is 1. The van der Waals surface area contributed by atoms with Gasteiger partial charge in [0.25, 0.3) is 0 Å². The summed E-state index contributed by atoms with van der Waals surface area (Å²) in [4.78, 5) is 4.82. The highest BCUT2D eigenvalue weighted by molar-refractivity contribution is 5.76. The molecule has 0 fully saturated rings. The van der Waals surface area contributed by atoms with Crippen LogP contribution in [0, 0.1) is 13.8 Å². The summed E-state index contributed by atoms with van der Waals surface area (Å²) in [5, 5.41) is 10.7. The summed E-state index contributed by atoms with van der Waals surface area (Å²) >= 11 is 0. The minimum atomic E-state index is -0.658. The van der Waals surface area contributed by atoms with Gasteiger partial charge in [-0.1, -0.05) is 30.3 Å². The van der Waals surface area contributed by atoms with Crippen LogP contribution in [0.3, 0.4) is 0 Å². The molecule has 31 heavy (non-hydrogen) atoms. The molecule has 0 spiro atoms. The Hall–Kier alpha value is -3.31. The van der Waals surface area contributed by atoms with Crippen molar-refractivity contribution in [2.45, 2.75) is 32.9 Å². The second kappa shape index (κ2) is 9.23. The second-order valence-corrected chi connectivity index (χ2v) is 7.86. The third-order valence-electron chi connectivity index (χ3n) is 5.57. The van der Waals surface area contributed by atoms with Crippen LogP contribution in [0.4, 0.5) is 0 Å². The number of hydrogen-bond donors (Lipinski definition) is 1. The molecule has 4 aromatic rings. The third kappa shape index (κ3) is 4.89. The quantitative estimate of drug-likeness (QED) is 0.453. The largest absolute Gasteiger partial charge is 0.497 e. The van der Waals surface area contributed by atoms with Gasteiger partial charge in [-0.15, -0.1) is 0 Å². The van der Waals surface area contributed by atoms with Crippen LogP contribution in [-0.4, -0.2) is 34.5 Å². The van der Waals surface area contributed by atoms with Crippen molar-refractivity contribution in [3.05, 3.63) is 89.2 Å². The van der Waals surface area contributed by atoms with E-state index in [9.17, 15) is 5.11 Å². The molecule has 5 heteroatoms. The normalized spacial score (nSPS) is 12.1. The summed E-state index contributed by atoms with van der Waals surface area (Å²) in [5.41, 5.74) is 5.47. The van der Waals surface area contributed by atoms with Crippen molar-refractivity contribution in [2.24, 2.45) is 0 Å². The van der Waals surface area contributed by atoms with Gasteiger partial charge in [0.15, 0.2) is 0 Å². The maximum atomic E-state index is 10.7. The number of nitrogens with zero attached hydrogens (tertiary/aromatic N) is 2. The lowest BCUT2D eigenvalue weighted by Crippen LogP contribution is -2.24. The van der Waals surface area contributed by atoms with Gasteiger partial charge >= 0.3 is 0 Å². The monoisotopic (exact) mass is 416 g/mol. The van der Waals surface area contributed by atoms with E-state index in [0.717, 1.165) is 33.9 Å². The number of aliphatic hydroxyl groups is 1. The minimum Gasteiger partial charge on any atom is -0.497 e. The zero-order valence-corrected chi connectivity index (χ0v) is 18.2. The summed E-state index contributed by atoms with van der Waals surface area (Å²) < 4.78 is 13.2. The zero-order valence-electron chi connectivity index (χ0n) is 18.2. The number of fused-ring (bicyclic) bond motifs is 1. The molecule has 0 radical (unpaired) electrons. The van der Waals surface area contributed by atoms with Crippen LogP contribution in [0.15, 0.2) is 66.7 Å². The summed E-state index contributed by atoms with van der Waals surface area (Å²) in [6.45, 7) is 4.76. The van der Waals surface area contributed by atoms with E-state index in [1.807, 2.05) is 66.7 Å². The van der Waals surface area contributed by atoms with Crippen molar-refractivity contribution in [1.29, 1.82) is 0 Å². The predicted octanol–water partition coefficient (Wildman–Crippen LogP) is 4.69. The first kappa shape index (κ1) is 20.9. The summed E-state index contributed by atoms with van der Waals surface area (Å²) in [6, 6.07) is 22.0. The molecule has 160 valence electrons. The van der Waals surface area contributed by atoms with E-state index in [2.05, 4.69) is 18.4 Å². The summed E-state index contributed by atoms with van der Waals surface area (Å²) in [7, 11) is 1.66. The standard InChI is InChI=1S/C26H28N2O3/c1-18-8-11-23(14-19(18)2)31-17-21(29)16-28-25-7-5-4-6-24(25)27-26(28)15-20-9-12-22(30-3)13-10-20/h4-14,21,29H,15-17H2,1-3H3. The first-order chi connectivity index (χ1) is 15.0. The SMILES string of the molecule is COc1ccc(Cc2nc3ccccc3n2CC(O)COc2ccc(C)c(C)c2)cc1. The fourth-order valence-electron chi connectivity index (χ4n) is 3.65. The topological polar surface area (TPSA) is 56.5 Å². The number of aryl methyl sites for hydroxylation is 2. The van der Waals surface area contributed by atoms with Gasteiger partial charge in [-0.25, -0.2) is 4.98 Å². The maximum Gasteiger partial charge on any atom is 0.119 e. The van der Waals surface area contributed by atoms with E-state index < -0.39 is 6.10 Å². The molecule has 3 aromatic carbocycles. The van der Waals surface area contributed by atoms with Gasteiger partial charge < -0.3 is 19.1 Å². The Morgan fingerprint density at radius 3 is 2.42 bits per heavy atom. The molecule has 0 saturated heterocycles. The van der Waals surface area contributed by atoms with Gasteiger partial charge in [-0.3, -0.25) is 0 Å².